The van der Waals surface area contributed by atoms with Crippen molar-refractivity contribution in [3.63, 3.8) is 0 Å². The SMILES string of the molecule is CCC(OC(O)C(C)C[C@@H](C)C(O)CCC(C)C)C(C)[C@H](O)CC. The van der Waals surface area contributed by atoms with Gasteiger partial charge in [-0.25, -0.2) is 0 Å². The maximum atomic E-state index is 10.4. The molecule has 0 bridgehead atoms. The molecule has 0 aromatic carbocycles. The third-order valence-corrected chi connectivity index (χ3v) is 5.26. The van der Waals surface area contributed by atoms with Crippen LogP contribution in [0.1, 0.15) is 80.6 Å². The summed E-state index contributed by atoms with van der Waals surface area (Å²) >= 11 is 0. The molecule has 0 radical (unpaired) electrons. The van der Waals surface area contributed by atoms with E-state index in [0.717, 1.165) is 25.7 Å². The summed E-state index contributed by atoms with van der Waals surface area (Å²) in [5.41, 5.74) is 0. The standard InChI is InChI=1S/C20H42O4/c1-8-17(21)16(7)19(9-2)24-20(23)15(6)12-14(5)18(22)11-10-13(3)4/h13-23H,8-12H2,1-7H3/t14-,15?,16?,17-,18?,19?,20?/m1/s1. The second kappa shape index (κ2) is 12.2. The summed E-state index contributed by atoms with van der Waals surface area (Å²) in [6.45, 7) is 14.3. The summed E-state index contributed by atoms with van der Waals surface area (Å²) in [6.07, 6.45) is 2.24. The van der Waals surface area contributed by atoms with E-state index in [-0.39, 0.29) is 30.0 Å². The summed E-state index contributed by atoms with van der Waals surface area (Å²) in [4.78, 5) is 0. The largest absolute Gasteiger partial charge is 0.393 e. The highest BCUT2D eigenvalue weighted by Crippen LogP contribution is 2.25. The normalized spacial score (nSPS) is 21.1. The molecular formula is C20H42O4. The van der Waals surface area contributed by atoms with Gasteiger partial charge in [-0.3, -0.25) is 0 Å². The van der Waals surface area contributed by atoms with Gasteiger partial charge in [-0.2, -0.15) is 0 Å². The van der Waals surface area contributed by atoms with Crippen LogP contribution in [-0.2, 0) is 4.74 Å². The van der Waals surface area contributed by atoms with Gasteiger partial charge in [-0.1, -0.05) is 48.5 Å². The van der Waals surface area contributed by atoms with Gasteiger partial charge in [0.05, 0.1) is 18.3 Å². The van der Waals surface area contributed by atoms with Crippen LogP contribution >= 0.6 is 0 Å². The van der Waals surface area contributed by atoms with Crippen molar-refractivity contribution in [2.45, 2.75) is 105 Å². The van der Waals surface area contributed by atoms with E-state index in [1.807, 2.05) is 34.6 Å². The number of hydrogen-bond acceptors (Lipinski definition) is 4. The Kier molecular flexibility index (Phi) is 12.2. The van der Waals surface area contributed by atoms with Crippen molar-refractivity contribution in [1.29, 1.82) is 0 Å². The Balaban J connectivity index is 4.45. The van der Waals surface area contributed by atoms with Crippen LogP contribution in [0, 0.1) is 23.7 Å². The quantitative estimate of drug-likeness (QED) is 0.441. The van der Waals surface area contributed by atoms with E-state index in [2.05, 4.69) is 13.8 Å². The molecule has 4 heteroatoms. The number of rotatable bonds is 13. The Bertz CT molecular complexity index is 308. The van der Waals surface area contributed by atoms with Crippen molar-refractivity contribution in [2.75, 3.05) is 0 Å². The fourth-order valence-corrected chi connectivity index (χ4v) is 3.17. The average molecular weight is 347 g/mol. The minimum atomic E-state index is -0.860. The minimum Gasteiger partial charge on any atom is -0.393 e. The van der Waals surface area contributed by atoms with Crippen LogP contribution in [0.2, 0.25) is 0 Å². The lowest BCUT2D eigenvalue weighted by molar-refractivity contribution is -0.186. The maximum absolute atomic E-state index is 10.4. The van der Waals surface area contributed by atoms with Crippen molar-refractivity contribution in [1.82, 2.24) is 0 Å². The van der Waals surface area contributed by atoms with E-state index in [1.54, 1.807) is 0 Å². The van der Waals surface area contributed by atoms with Gasteiger partial charge in [0.1, 0.15) is 0 Å². The summed E-state index contributed by atoms with van der Waals surface area (Å²) in [5, 5.41) is 30.7. The van der Waals surface area contributed by atoms with Crippen LogP contribution in [0.3, 0.4) is 0 Å². The molecule has 0 aromatic rings. The van der Waals surface area contributed by atoms with Crippen molar-refractivity contribution in [3.8, 4) is 0 Å². The van der Waals surface area contributed by atoms with Crippen molar-refractivity contribution in [3.05, 3.63) is 0 Å². The number of ether oxygens (including phenoxy) is 1. The lowest BCUT2D eigenvalue weighted by atomic mass is 9.89. The van der Waals surface area contributed by atoms with Gasteiger partial charge in [0.25, 0.3) is 0 Å². The van der Waals surface area contributed by atoms with E-state index in [4.69, 9.17) is 4.74 Å². The third kappa shape index (κ3) is 8.80. The zero-order valence-corrected chi connectivity index (χ0v) is 16.9. The summed E-state index contributed by atoms with van der Waals surface area (Å²) in [5.74, 6) is 0.676. The zero-order chi connectivity index (χ0) is 18.9. The van der Waals surface area contributed by atoms with Crippen LogP contribution in [-0.4, -0.2) is 39.9 Å². The molecular weight excluding hydrogens is 304 g/mol. The number of hydrogen-bond donors (Lipinski definition) is 3. The lowest BCUT2D eigenvalue weighted by Gasteiger charge is -2.32. The fraction of sp³-hybridized carbons (Fsp3) is 1.00. The van der Waals surface area contributed by atoms with Gasteiger partial charge in [-0.15, -0.1) is 0 Å². The summed E-state index contributed by atoms with van der Waals surface area (Å²) in [6, 6.07) is 0. The Morgan fingerprint density at radius 1 is 0.750 bits per heavy atom. The van der Waals surface area contributed by atoms with Gasteiger partial charge in [-0.05, 0) is 43.9 Å². The van der Waals surface area contributed by atoms with Crippen LogP contribution in [0.25, 0.3) is 0 Å². The second-order valence-electron chi connectivity index (χ2n) is 8.04. The molecule has 5 unspecified atom stereocenters. The van der Waals surface area contributed by atoms with E-state index in [9.17, 15) is 15.3 Å². The summed E-state index contributed by atoms with van der Waals surface area (Å²) in [7, 11) is 0. The van der Waals surface area contributed by atoms with E-state index in [1.165, 1.54) is 0 Å². The topological polar surface area (TPSA) is 69.9 Å². The van der Waals surface area contributed by atoms with Crippen molar-refractivity contribution < 1.29 is 20.1 Å². The Morgan fingerprint density at radius 3 is 1.79 bits per heavy atom. The van der Waals surface area contributed by atoms with Gasteiger partial charge >= 0.3 is 0 Å². The highest BCUT2D eigenvalue weighted by molar-refractivity contribution is 4.74. The summed E-state index contributed by atoms with van der Waals surface area (Å²) < 4.78 is 5.84. The van der Waals surface area contributed by atoms with E-state index < -0.39 is 12.4 Å². The second-order valence-corrected chi connectivity index (χ2v) is 8.04. The molecule has 7 atom stereocenters. The zero-order valence-electron chi connectivity index (χ0n) is 16.9. The minimum absolute atomic E-state index is 0.00379. The van der Waals surface area contributed by atoms with Gasteiger partial charge in [0, 0.05) is 11.8 Å². The molecule has 0 saturated heterocycles. The molecule has 0 saturated carbocycles. The molecule has 146 valence electrons. The molecule has 0 aromatic heterocycles. The lowest BCUT2D eigenvalue weighted by Crippen LogP contribution is -2.37. The molecule has 0 aliphatic heterocycles. The van der Waals surface area contributed by atoms with Crippen LogP contribution in [0.15, 0.2) is 0 Å². The predicted molar refractivity (Wildman–Crippen MR) is 99.7 cm³/mol. The van der Waals surface area contributed by atoms with Gasteiger partial charge in [0.2, 0.25) is 0 Å². The fourth-order valence-electron chi connectivity index (χ4n) is 3.17. The Labute approximate surface area is 149 Å². The first-order valence-corrected chi connectivity index (χ1v) is 9.83. The first kappa shape index (κ1) is 23.8. The van der Waals surface area contributed by atoms with Crippen LogP contribution < -0.4 is 0 Å². The smallest absolute Gasteiger partial charge is 0.157 e. The van der Waals surface area contributed by atoms with Gasteiger partial charge < -0.3 is 20.1 Å². The molecule has 0 amide bonds. The predicted octanol–water partition coefficient (Wildman–Crippen LogP) is 3.97. The van der Waals surface area contributed by atoms with Crippen molar-refractivity contribution in [2.24, 2.45) is 23.7 Å². The van der Waals surface area contributed by atoms with Gasteiger partial charge in [0.15, 0.2) is 6.29 Å². The Morgan fingerprint density at radius 2 is 1.33 bits per heavy atom. The molecule has 0 aliphatic rings. The maximum Gasteiger partial charge on any atom is 0.157 e. The molecule has 4 nitrogen and oxygen atoms in total. The number of aliphatic hydroxyl groups excluding tert-OH is 3. The number of aliphatic hydroxyl groups is 3. The molecule has 0 fully saturated rings. The molecule has 0 spiro atoms. The molecule has 3 N–H and O–H groups in total. The van der Waals surface area contributed by atoms with Crippen LogP contribution in [0.4, 0.5) is 0 Å². The van der Waals surface area contributed by atoms with Crippen LogP contribution in [0.5, 0.6) is 0 Å². The average Bonchev–Trinajstić information content (AvgIpc) is 2.55. The molecule has 0 aliphatic carbocycles. The molecule has 0 rings (SSSR count). The highest BCUT2D eigenvalue weighted by atomic mass is 16.6. The molecule has 0 heterocycles. The Hall–Kier alpha value is -0.160. The van der Waals surface area contributed by atoms with E-state index >= 15 is 0 Å². The highest BCUT2D eigenvalue weighted by Gasteiger charge is 2.28. The first-order chi connectivity index (χ1) is 11.1. The van der Waals surface area contributed by atoms with E-state index in [0.29, 0.717) is 12.3 Å². The molecule has 24 heavy (non-hydrogen) atoms. The first-order valence-electron chi connectivity index (χ1n) is 9.83. The third-order valence-electron chi connectivity index (χ3n) is 5.26. The van der Waals surface area contributed by atoms with Crippen molar-refractivity contribution >= 4 is 0 Å². The monoisotopic (exact) mass is 346 g/mol.